The van der Waals surface area contributed by atoms with Crippen LogP contribution >= 0.6 is 0 Å². The Bertz CT molecular complexity index is 616. The summed E-state index contributed by atoms with van der Waals surface area (Å²) in [6.45, 7) is 0. The molecule has 0 amide bonds. The average Bonchev–Trinajstić information content (AvgIpc) is 2.16. The maximum absolute atomic E-state index is 11.3. The van der Waals surface area contributed by atoms with Gasteiger partial charge in [-0.3, -0.25) is 9.78 Å². The molecule has 0 aliphatic carbocycles. The molecule has 1 heterocycles. The lowest BCUT2D eigenvalue weighted by Gasteiger charge is -2.00. The molecule has 4 N–H and O–H groups in total. The van der Waals surface area contributed by atoms with Crippen LogP contribution in [0.25, 0.3) is 10.9 Å². The van der Waals surface area contributed by atoms with Gasteiger partial charge in [-0.2, -0.15) is 0 Å². The van der Waals surface area contributed by atoms with Crippen molar-refractivity contribution in [3.05, 3.63) is 39.0 Å². The third kappa shape index (κ3) is 1.70. The molecule has 7 heteroatoms. The van der Waals surface area contributed by atoms with E-state index in [1.165, 1.54) is 18.2 Å². The number of hydrogen-bond donors (Lipinski definition) is 4. The Morgan fingerprint density at radius 2 is 1.87 bits per heavy atom. The molecule has 76 valence electrons. The normalized spacial score (nSPS) is 10.5. The van der Waals surface area contributed by atoms with Crippen molar-refractivity contribution in [2.75, 3.05) is 0 Å². The molecular weight excluding hydrogens is 199 g/mol. The quantitative estimate of drug-likeness (QED) is 0.401. The van der Waals surface area contributed by atoms with Gasteiger partial charge in [0.2, 0.25) is 0 Å². The van der Waals surface area contributed by atoms with E-state index < -0.39 is 18.4 Å². The minimum Gasteiger partial charge on any atom is -0.423 e. The first-order valence-corrected chi connectivity index (χ1v) is 4.20. The Morgan fingerprint density at radius 1 is 1.13 bits per heavy atom. The number of rotatable bonds is 1. The van der Waals surface area contributed by atoms with Gasteiger partial charge in [0.15, 0.2) is 0 Å². The van der Waals surface area contributed by atoms with Crippen LogP contribution in [0.3, 0.4) is 0 Å². The van der Waals surface area contributed by atoms with Crippen LogP contribution < -0.4 is 16.7 Å². The van der Waals surface area contributed by atoms with Crippen LogP contribution in [0, 0.1) is 0 Å². The summed E-state index contributed by atoms with van der Waals surface area (Å²) in [5.74, 6) is 0. The van der Waals surface area contributed by atoms with E-state index in [-0.39, 0.29) is 11.0 Å². The molecule has 0 atom stereocenters. The zero-order chi connectivity index (χ0) is 11.0. The molecule has 0 radical (unpaired) electrons. The summed E-state index contributed by atoms with van der Waals surface area (Å²) in [6.07, 6.45) is 0. The molecule has 0 aliphatic rings. The van der Waals surface area contributed by atoms with Crippen molar-refractivity contribution in [3.8, 4) is 0 Å². The van der Waals surface area contributed by atoms with Crippen molar-refractivity contribution < 1.29 is 10.0 Å². The number of fused-ring (bicyclic) bond motifs is 1. The molecule has 0 saturated carbocycles. The number of nitrogens with one attached hydrogen (secondary N) is 2. The maximum Gasteiger partial charge on any atom is 0.488 e. The summed E-state index contributed by atoms with van der Waals surface area (Å²) in [5.41, 5.74) is -0.650. The molecule has 2 aromatic rings. The predicted molar refractivity (Wildman–Crippen MR) is 55.0 cm³/mol. The lowest BCUT2D eigenvalue weighted by atomic mass is 9.80. The van der Waals surface area contributed by atoms with Crippen LogP contribution in [0.5, 0.6) is 0 Å². The molecule has 1 aromatic heterocycles. The van der Waals surface area contributed by atoms with Gasteiger partial charge in [0, 0.05) is 0 Å². The Labute approximate surface area is 83.4 Å². The Kier molecular flexibility index (Phi) is 2.18. The topological polar surface area (TPSA) is 106 Å². The first-order chi connectivity index (χ1) is 7.08. The summed E-state index contributed by atoms with van der Waals surface area (Å²) < 4.78 is 0. The number of H-pyrrole nitrogens is 2. The third-order valence-electron chi connectivity index (χ3n) is 2.06. The first-order valence-electron chi connectivity index (χ1n) is 4.20. The second-order valence-electron chi connectivity index (χ2n) is 3.09. The highest BCUT2D eigenvalue weighted by molar-refractivity contribution is 6.58. The van der Waals surface area contributed by atoms with E-state index >= 15 is 0 Å². The summed E-state index contributed by atoms with van der Waals surface area (Å²) in [6, 6.07) is 4.16. The van der Waals surface area contributed by atoms with E-state index in [0.29, 0.717) is 5.39 Å². The lowest BCUT2D eigenvalue weighted by Crippen LogP contribution is -2.31. The zero-order valence-electron chi connectivity index (χ0n) is 7.52. The highest BCUT2D eigenvalue weighted by Gasteiger charge is 2.11. The molecule has 2 rings (SSSR count). The smallest absolute Gasteiger partial charge is 0.423 e. The molecule has 6 nitrogen and oxygen atoms in total. The highest BCUT2D eigenvalue weighted by Crippen LogP contribution is 2.01. The minimum atomic E-state index is -1.63. The molecule has 0 spiro atoms. The Hall–Kier alpha value is -1.86. The fourth-order valence-corrected chi connectivity index (χ4v) is 1.35. The number of aromatic amines is 2. The van der Waals surface area contributed by atoms with Crippen LogP contribution in [0.1, 0.15) is 0 Å². The van der Waals surface area contributed by atoms with Gasteiger partial charge in [-0.25, -0.2) is 4.79 Å². The third-order valence-corrected chi connectivity index (χ3v) is 2.06. The van der Waals surface area contributed by atoms with Gasteiger partial charge in [-0.15, -0.1) is 0 Å². The molecular formula is C8H7BN2O4. The second-order valence-corrected chi connectivity index (χ2v) is 3.09. The van der Waals surface area contributed by atoms with Crippen molar-refractivity contribution in [2.24, 2.45) is 0 Å². The molecule has 0 unspecified atom stereocenters. The summed E-state index contributed by atoms with van der Waals surface area (Å²) >= 11 is 0. The van der Waals surface area contributed by atoms with E-state index in [9.17, 15) is 9.59 Å². The van der Waals surface area contributed by atoms with E-state index in [0.717, 1.165) is 0 Å². The summed E-state index contributed by atoms with van der Waals surface area (Å²) in [7, 11) is -1.63. The molecule has 1 aromatic carbocycles. The van der Waals surface area contributed by atoms with Crippen molar-refractivity contribution in [2.45, 2.75) is 0 Å². The SMILES string of the molecule is O=c1[nH]c(=O)c2ccc(B(O)O)cc2[nH]1. The first kappa shape index (κ1) is 9.69. The number of aromatic nitrogens is 2. The van der Waals surface area contributed by atoms with Crippen molar-refractivity contribution in [3.63, 3.8) is 0 Å². The molecule has 0 saturated heterocycles. The molecule has 0 fully saturated rings. The average molecular weight is 206 g/mol. The van der Waals surface area contributed by atoms with Crippen LogP contribution in [-0.4, -0.2) is 27.1 Å². The van der Waals surface area contributed by atoms with Gasteiger partial charge in [-0.1, -0.05) is 6.07 Å². The largest absolute Gasteiger partial charge is 0.488 e. The van der Waals surface area contributed by atoms with Gasteiger partial charge >= 0.3 is 12.8 Å². The van der Waals surface area contributed by atoms with Gasteiger partial charge in [0.1, 0.15) is 0 Å². The maximum atomic E-state index is 11.3. The molecule has 0 aliphatic heterocycles. The van der Waals surface area contributed by atoms with E-state index in [1.54, 1.807) is 0 Å². The summed E-state index contributed by atoms with van der Waals surface area (Å²) in [4.78, 5) is 26.7. The van der Waals surface area contributed by atoms with Crippen LogP contribution in [0.15, 0.2) is 27.8 Å². The van der Waals surface area contributed by atoms with E-state index in [2.05, 4.69) is 9.97 Å². The van der Waals surface area contributed by atoms with Gasteiger partial charge in [0.25, 0.3) is 5.56 Å². The Morgan fingerprint density at radius 3 is 2.53 bits per heavy atom. The predicted octanol–water partition coefficient (Wildman–Crippen LogP) is -2.10. The number of hydrogen-bond acceptors (Lipinski definition) is 4. The minimum absolute atomic E-state index is 0.212. The van der Waals surface area contributed by atoms with Gasteiger partial charge in [0.05, 0.1) is 10.9 Å². The fraction of sp³-hybridized carbons (Fsp3) is 0. The van der Waals surface area contributed by atoms with E-state index in [4.69, 9.17) is 10.0 Å². The number of benzene rings is 1. The van der Waals surface area contributed by atoms with Crippen molar-refractivity contribution in [1.82, 2.24) is 9.97 Å². The van der Waals surface area contributed by atoms with Gasteiger partial charge in [-0.05, 0) is 17.6 Å². The molecule has 0 bridgehead atoms. The Balaban J connectivity index is 2.82. The fourth-order valence-electron chi connectivity index (χ4n) is 1.35. The van der Waals surface area contributed by atoms with Gasteiger partial charge < -0.3 is 15.0 Å². The summed E-state index contributed by atoms with van der Waals surface area (Å²) in [5, 5.41) is 18.1. The highest BCUT2D eigenvalue weighted by atomic mass is 16.4. The van der Waals surface area contributed by atoms with Crippen LogP contribution in [0.2, 0.25) is 0 Å². The zero-order valence-corrected chi connectivity index (χ0v) is 7.52. The van der Waals surface area contributed by atoms with Crippen molar-refractivity contribution in [1.29, 1.82) is 0 Å². The van der Waals surface area contributed by atoms with E-state index in [1.807, 2.05) is 0 Å². The van der Waals surface area contributed by atoms with Crippen LogP contribution in [0.4, 0.5) is 0 Å². The lowest BCUT2D eigenvalue weighted by molar-refractivity contribution is 0.426. The standard InChI is InChI=1S/C8H7BN2O4/c12-7-5-2-1-4(9(14)15)3-6(5)10-8(13)11-7/h1-3,14-15H,(H2,10,11,12,13). The monoisotopic (exact) mass is 206 g/mol. The molecule has 15 heavy (non-hydrogen) atoms. The second kappa shape index (κ2) is 3.37. The van der Waals surface area contributed by atoms with Crippen molar-refractivity contribution >= 4 is 23.5 Å². The van der Waals surface area contributed by atoms with Crippen LogP contribution in [-0.2, 0) is 0 Å².